The molecule has 6 nitrogen and oxygen atoms in total. The highest BCUT2D eigenvalue weighted by molar-refractivity contribution is 7.90. The predicted octanol–water partition coefficient (Wildman–Crippen LogP) is 5.99. The van der Waals surface area contributed by atoms with Crippen molar-refractivity contribution in [1.82, 2.24) is 5.32 Å². The molecule has 0 bridgehead atoms. The monoisotopic (exact) mass is 626 g/mol. The summed E-state index contributed by atoms with van der Waals surface area (Å²) in [6.07, 6.45) is -19.5. The minimum Gasteiger partial charge on any atom is -0.348 e. The highest BCUT2D eigenvalue weighted by Crippen LogP contribution is 2.60. The Labute approximate surface area is 226 Å². The van der Waals surface area contributed by atoms with Gasteiger partial charge in [-0.25, -0.2) is 8.42 Å². The van der Waals surface area contributed by atoms with E-state index < -0.39 is 85.3 Å². The third-order valence-corrected chi connectivity index (χ3v) is 7.02. The van der Waals surface area contributed by atoms with E-state index in [0.29, 0.717) is 6.07 Å². The normalized spacial score (nSPS) is 14.0. The maximum absolute atomic E-state index is 13.5. The molecule has 40 heavy (non-hydrogen) atoms. The van der Waals surface area contributed by atoms with Crippen molar-refractivity contribution in [3.8, 4) is 0 Å². The Morgan fingerprint density at radius 1 is 0.900 bits per heavy atom. The molecule has 2 aromatic carbocycles. The third kappa shape index (κ3) is 6.65. The smallest absolute Gasteiger partial charge is 0.348 e. The van der Waals surface area contributed by atoms with Gasteiger partial charge in [0.1, 0.15) is 9.84 Å². The third-order valence-electron chi connectivity index (χ3n) is 5.60. The van der Waals surface area contributed by atoms with Crippen LogP contribution in [0.5, 0.6) is 0 Å². The Balaban J connectivity index is 2.51. The van der Waals surface area contributed by atoms with Gasteiger partial charge in [0.2, 0.25) is 0 Å². The van der Waals surface area contributed by atoms with Crippen LogP contribution >= 0.6 is 11.6 Å². The van der Waals surface area contributed by atoms with Crippen LogP contribution in [0.1, 0.15) is 38.8 Å². The largest absolute Gasteiger partial charge is 0.416 e. The highest BCUT2D eigenvalue weighted by Gasteiger charge is 2.84. The summed E-state index contributed by atoms with van der Waals surface area (Å²) in [7, 11) is -3.51. The number of nitrogens with one attached hydrogen (secondary N) is 2. The van der Waals surface area contributed by atoms with Gasteiger partial charge in [0.05, 0.1) is 21.9 Å². The summed E-state index contributed by atoms with van der Waals surface area (Å²) in [4.78, 5) is 25.7. The molecule has 0 aromatic heterocycles. The summed E-state index contributed by atoms with van der Waals surface area (Å²) in [5, 5.41) is 4.18. The van der Waals surface area contributed by atoms with Crippen LogP contribution in [0, 0.1) is 6.92 Å². The van der Waals surface area contributed by atoms with E-state index >= 15 is 0 Å². The van der Waals surface area contributed by atoms with Crippen molar-refractivity contribution in [2.45, 2.75) is 43.8 Å². The first-order valence-corrected chi connectivity index (χ1v) is 13.3. The Morgan fingerprint density at radius 3 is 1.88 bits per heavy atom. The van der Waals surface area contributed by atoms with Crippen molar-refractivity contribution in [2.75, 3.05) is 17.3 Å². The molecular formula is C23H20ClF9N2O4S. The molecule has 2 rings (SSSR count). The van der Waals surface area contributed by atoms with E-state index in [1.165, 1.54) is 19.1 Å². The molecule has 1 atom stereocenters. The van der Waals surface area contributed by atoms with Crippen LogP contribution in [0.4, 0.5) is 45.2 Å². The number of alkyl halides is 9. The number of halogens is 10. The number of sulfone groups is 1. The molecule has 0 spiro atoms. The fourth-order valence-electron chi connectivity index (χ4n) is 3.94. The second-order valence-corrected chi connectivity index (χ2v) is 11.4. The van der Waals surface area contributed by atoms with E-state index in [0.717, 1.165) is 19.2 Å². The van der Waals surface area contributed by atoms with E-state index in [4.69, 9.17) is 11.6 Å². The number of amides is 2. The summed E-state index contributed by atoms with van der Waals surface area (Å²) < 4.78 is 144. The van der Waals surface area contributed by atoms with Crippen LogP contribution in [0.3, 0.4) is 0 Å². The molecule has 2 N–H and O–H groups in total. The van der Waals surface area contributed by atoms with Crippen LogP contribution in [0.2, 0.25) is 5.02 Å². The zero-order valence-corrected chi connectivity index (χ0v) is 22.1. The molecule has 0 heterocycles. The van der Waals surface area contributed by atoms with Crippen LogP contribution < -0.4 is 10.6 Å². The fraction of sp³-hybridized carbons (Fsp3) is 0.391. The lowest BCUT2D eigenvalue weighted by Gasteiger charge is -2.39. The molecule has 0 unspecified atom stereocenters. The van der Waals surface area contributed by atoms with Gasteiger partial charge in [-0.1, -0.05) is 29.8 Å². The molecule has 0 fully saturated rings. The van der Waals surface area contributed by atoms with Gasteiger partial charge in [-0.2, -0.15) is 39.5 Å². The minimum atomic E-state index is -6.82. The van der Waals surface area contributed by atoms with Crippen molar-refractivity contribution in [3.05, 3.63) is 63.7 Å². The van der Waals surface area contributed by atoms with E-state index in [9.17, 15) is 57.5 Å². The molecule has 0 radical (unpaired) electrons. The van der Waals surface area contributed by atoms with Crippen molar-refractivity contribution >= 4 is 38.9 Å². The predicted molar refractivity (Wildman–Crippen MR) is 127 cm³/mol. The van der Waals surface area contributed by atoms with Crippen LogP contribution in [0.25, 0.3) is 0 Å². The van der Waals surface area contributed by atoms with Gasteiger partial charge in [0.25, 0.3) is 17.2 Å². The number of carbonyl (C=O) groups is 2. The summed E-state index contributed by atoms with van der Waals surface area (Å²) in [5.41, 5.74) is -10.3. The SMILES string of the molecule is Cc1cc(C(C(F)(F)F)(C(F)(F)F)C(F)(F)F)ccc1NC(=O)c1cccc(Cl)c1C(=O)N[C@@H](C)CS(C)(=O)=O. The second-order valence-electron chi connectivity index (χ2n) is 8.86. The molecular weight excluding hydrogens is 607 g/mol. The maximum atomic E-state index is 13.5. The summed E-state index contributed by atoms with van der Waals surface area (Å²) in [6.45, 7) is 2.22. The van der Waals surface area contributed by atoms with Gasteiger partial charge in [0.15, 0.2) is 0 Å². The summed E-state index contributed by atoms with van der Waals surface area (Å²) in [6, 6.07) is 2.97. The maximum Gasteiger partial charge on any atom is 0.416 e. The van der Waals surface area contributed by atoms with E-state index in [2.05, 4.69) is 10.6 Å². The molecule has 0 aliphatic rings. The molecule has 0 saturated heterocycles. The topological polar surface area (TPSA) is 92.3 Å². The van der Waals surface area contributed by atoms with Gasteiger partial charge < -0.3 is 10.6 Å². The molecule has 17 heteroatoms. The summed E-state index contributed by atoms with van der Waals surface area (Å²) >= 11 is 6.04. The van der Waals surface area contributed by atoms with Crippen LogP contribution in [-0.2, 0) is 15.3 Å². The zero-order chi connectivity index (χ0) is 31.1. The zero-order valence-electron chi connectivity index (χ0n) is 20.6. The number of hydrogen-bond donors (Lipinski definition) is 2. The Kier molecular flexibility index (Phi) is 9.22. The number of aryl methyl sites for hydroxylation is 1. The average molecular weight is 627 g/mol. The van der Waals surface area contributed by atoms with Crippen LogP contribution in [0.15, 0.2) is 36.4 Å². The molecule has 2 aromatic rings. The lowest BCUT2D eigenvalue weighted by molar-refractivity contribution is -0.387. The first-order valence-electron chi connectivity index (χ1n) is 10.8. The van der Waals surface area contributed by atoms with Gasteiger partial charge >= 0.3 is 18.5 Å². The van der Waals surface area contributed by atoms with Crippen molar-refractivity contribution in [2.24, 2.45) is 0 Å². The Hall–Kier alpha value is -3.01. The van der Waals surface area contributed by atoms with E-state index in [1.807, 2.05) is 0 Å². The van der Waals surface area contributed by atoms with E-state index in [1.54, 1.807) is 0 Å². The second kappa shape index (κ2) is 11.1. The number of benzene rings is 2. The standard InChI is InChI=1S/C23H20ClF9N2O4S/c1-11-9-13(20(21(25,26)27,22(28,29)30)23(31,32)33)7-8-16(11)35-18(36)14-5-4-6-15(24)17(14)19(37)34-12(2)10-40(3,38)39/h4-9,12H,10H2,1-3H3,(H,34,37)(H,35,36)/t12-/m0/s1. The lowest BCUT2D eigenvalue weighted by atomic mass is 9.77. The number of anilines is 1. The van der Waals surface area contributed by atoms with Gasteiger partial charge in [0, 0.05) is 18.0 Å². The van der Waals surface area contributed by atoms with Crippen LogP contribution in [-0.4, -0.2) is 56.8 Å². The van der Waals surface area contributed by atoms with Gasteiger partial charge in [-0.3, -0.25) is 9.59 Å². The summed E-state index contributed by atoms with van der Waals surface area (Å²) in [5.74, 6) is -2.59. The molecule has 2 amide bonds. The van der Waals surface area contributed by atoms with Gasteiger partial charge in [-0.05, 0) is 43.2 Å². The molecule has 0 aliphatic carbocycles. The Morgan fingerprint density at radius 2 is 1.43 bits per heavy atom. The number of carbonyl (C=O) groups excluding carboxylic acids is 2. The Bertz CT molecular complexity index is 1370. The highest BCUT2D eigenvalue weighted by atomic mass is 35.5. The van der Waals surface area contributed by atoms with Gasteiger partial charge in [-0.15, -0.1) is 0 Å². The van der Waals surface area contributed by atoms with Crippen molar-refractivity contribution in [1.29, 1.82) is 0 Å². The molecule has 0 aliphatic heterocycles. The van der Waals surface area contributed by atoms with Crippen molar-refractivity contribution < 1.29 is 57.5 Å². The number of rotatable bonds is 7. The van der Waals surface area contributed by atoms with Crippen molar-refractivity contribution in [3.63, 3.8) is 0 Å². The average Bonchev–Trinajstić information content (AvgIpc) is 2.70. The minimum absolute atomic E-state index is 0.00252. The quantitative estimate of drug-likeness (QED) is 0.370. The van der Waals surface area contributed by atoms with E-state index in [-0.39, 0.29) is 17.2 Å². The number of hydrogen-bond acceptors (Lipinski definition) is 4. The molecule has 0 saturated carbocycles. The molecule has 222 valence electrons. The fourth-order valence-corrected chi connectivity index (χ4v) is 5.19. The first kappa shape index (κ1) is 33.2. The lowest BCUT2D eigenvalue weighted by Crippen LogP contribution is -2.63. The first-order chi connectivity index (χ1) is 17.9.